The minimum Gasteiger partial charge on any atom is -0.355 e. The Labute approximate surface area is 103 Å². The van der Waals surface area contributed by atoms with E-state index < -0.39 is 0 Å². The lowest BCUT2D eigenvalue weighted by molar-refractivity contribution is -0.125. The molecule has 0 spiro atoms. The molecule has 0 saturated carbocycles. The fourth-order valence-electron chi connectivity index (χ4n) is 1.75. The molecule has 1 amide bonds. The predicted octanol–water partition coefficient (Wildman–Crippen LogP) is 1.63. The third kappa shape index (κ3) is 5.75. The Morgan fingerprint density at radius 2 is 2.25 bits per heavy atom. The lowest BCUT2D eigenvalue weighted by Gasteiger charge is -2.22. The molecule has 4 heteroatoms. The number of thioether (sulfide) groups is 1. The van der Waals surface area contributed by atoms with E-state index in [0.29, 0.717) is 0 Å². The van der Waals surface area contributed by atoms with E-state index in [4.69, 9.17) is 0 Å². The molecule has 0 aromatic rings. The van der Waals surface area contributed by atoms with Crippen molar-refractivity contribution in [2.75, 3.05) is 25.4 Å². The summed E-state index contributed by atoms with van der Waals surface area (Å²) < 4.78 is 0.289. The van der Waals surface area contributed by atoms with Gasteiger partial charge in [-0.3, -0.25) is 4.79 Å². The van der Waals surface area contributed by atoms with Gasteiger partial charge in [-0.15, -0.1) is 0 Å². The van der Waals surface area contributed by atoms with Crippen molar-refractivity contribution >= 4 is 17.7 Å². The van der Waals surface area contributed by atoms with E-state index in [0.717, 1.165) is 38.2 Å². The van der Waals surface area contributed by atoms with Crippen molar-refractivity contribution in [3.8, 4) is 0 Å². The van der Waals surface area contributed by atoms with Gasteiger partial charge >= 0.3 is 0 Å². The highest BCUT2D eigenvalue weighted by atomic mass is 32.2. The van der Waals surface area contributed by atoms with Crippen LogP contribution in [-0.4, -0.2) is 36.0 Å². The molecular weight excluding hydrogens is 220 g/mol. The van der Waals surface area contributed by atoms with Gasteiger partial charge in [-0.25, -0.2) is 0 Å². The molecule has 1 fully saturated rings. The van der Waals surface area contributed by atoms with Crippen molar-refractivity contribution in [2.45, 2.75) is 38.4 Å². The molecule has 94 valence electrons. The number of rotatable bonds is 4. The van der Waals surface area contributed by atoms with Crippen LogP contribution in [-0.2, 0) is 4.79 Å². The Kier molecular flexibility index (Phi) is 5.62. The number of hydrogen-bond donors (Lipinski definition) is 2. The van der Waals surface area contributed by atoms with Crippen molar-refractivity contribution in [3.63, 3.8) is 0 Å². The first-order valence-corrected chi connectivity index (χ1v) is 7.10. The predicted molar refractivity (Wildman–Crippen MR) is 70.8 cm³/mol. The van der Waals surface area contributed by atoms with E-state index >= 15 is 0 Å². The van der Waals surface area contributed by atoms with Crippen molar-refractivity contribution in [1.82, 2.24) is 10.6 Å². The van der Waals surface area contributed by atoms with Crippen LogP contribution in [0.2, 0.25) is 0 Å². The number of piperidine rings is 1. The fourth-order valence-corrected chi connectivity index (χ4v) is 2.57. The van der Waals surface area contributed by atoms with Crippen LogP contribution in [0.15, 0.2) is 0 Å². The summed E-state index contributed by atoms with van der Waals surface area (Å²) >= 11 is 1.89. The number of carbonyl (C=O) groups is 1. The van der Waals surface area contributed by atoms with Crippen LogP contribution < -0.4 is 10.6 Å². The first-order chi connectivity index (χ1) is 7.49. The molecule has 1 aliphatic heterocycles. The smallest absolute Gasteiger partial charge is 0.224 e. The van der Waals surface area contributed by atoms with Gasteiger partial charge in [0.15, 0.2) is 0 Å². The monoisotopic (exact) mass is 244 g/mol. The summed E-state index contributed by atoms with van der Waals surface area (Å²) in [6.45, 7) is 9.29. The van der Waals surface area contributed by atoms with Crippen LogP contribution in [0.25, 0.3) is 0 Å². The van der Waals surface area contributed by atoms with Crippen LogP contribution in [0.4, 0.5) is 0 Å². The fraction of sp³-hybridized carbons (Fsp3) is 0.917. The summed E-state index contributed by atoms with van der Waals surface area (Å²) in [6, 6.07) is 0. The lowest BCUT2D eigenvalue weighted by Crippen LogP contribution is -2.41. The highest BCUT2D eigenvalue weighted by Gasteiger charge is 2.20. The Hall–Kier alpha value is -0.220. The van der Waals surface area contributed by atoms with E-state index in [1.807, 2.05) is 11.8 Å². The second kappa shape index (κ2) is 6.50. The lowest BCUT2D eigenvalue weighted by atomic mass is 9.99. The van der Waals surface area contributed by atoms with E-state index in [2.05, 4.69) is 31.4 Å². The molecule has 2 N–H and O–H groups in total. The molecule has 0 bridgehead atoms. The maximum absolute atomic E-state index is 11.8. The van der Waals surface area contributed by atoms with Crippen molar-refractivity contribution in [1.29, 1.82) is 0 Å². The Balaban J connectivity index is 2.10. The quantitative estimate of drug-likeness (QED) is 0.739. The summed E-state index contributed by atoms with van der Waals surface area (Å²) in [5, 5.41) is 6.29. The normalized spacial score (nSPS) is 21.8. The third-order valence-electron chi connectivity index (χ3n) is 2.60. The van der Waals surface area contributed by atoms with E-state index in [1.54, 1.807) is 0 Å². The van der Waals surface area contributed by atoms with Crippen molar-refractivity contribution in [3.05, 3.63) is 0 Å². The van der Waals surface area contributed by atoms with Gasteiger partial charge in [0, 0.05) is 23.6 Å². The van der Waals surface area contributed by atoms with Crippen molar-refractivity contribution < 1.29 is 4.79 Å². The molecule has 3 nitrogen and oxygen atoms in total. The molecular formula is C12H24N2OS. The first-order valence-electron chi connectivity index (χ1n) is 6.11. The average Bonchev–Trinajstić information content (AvgIpc) is 2.24. The van der Waals surface area contributed by atoms with Gasteiger partial charge in [-0.2, -0.15) is 11.8 Å². The van der Waals surface area contributed by atoms with Gasteiger partial charge in [0.05, 0.1) is 5.92 Å². The minimum atomic E-state index is 0.188. The Morgan fingerprint density at radius 3 is 2.81 bits per heavy atom. The summed E-state index contributed by atoms with van der Waals surface area (Å²) in [5.74, 6) is 1.41. The number of hydrogen-bond acceptors (Lipinski definition) is 3. The topological polar surface area (TPSA) is 41.1 Å². The van der Waals surface area contributed by atoms with Gasteiger partial charge in [-0.1, -0.05) is 20.8 Å². The van der Waals surface area contributed by atoms with E-state index in [-0.39, 0.29) is 16.6 Å². The molecule has 1 atom stereocenters. The second-order valence-corrected chi connectivity index (χ2v) is 7.22. The van der Waals surface area contributed by atoms with E-state index in [1.165, 1.54) is 0 Å². The zero-order valence-electron chi connectivity index (χ0n) is 10.6. The molecule has 1 rings (SSSR count). The van der Waals surface area contributed by atoms with Gasteiger partial charge in [0.1, 0.15) is 0 Å². The molecule has 0 aromatic heterocycles. The van der Waals surface area contributed by atoms with Gasteiger partial charge in [-0.05, 0) is 19.4 Å². The SMILES string of the molecule is CC(C)(C)SCCNC(=O)C1CCCNC1. The molecule has 1 unspecified atom stereocenters. The Bertz CT molecular complexity index is 220. The van der Waals surface area contributed by atoms with Crippen LogP contribution in [0.5, 0.6) is 0 Å². The molecule has 0 aliphatic carbocycles. The summed E-state index contributed by atoms with van der Waals surface area (Å²) in [7, 11) is 0. The highest BCUT2D eigenvalue weighted by Crippen LogP contribution is 2.22. The highest BCUT2D eigenvalue weighted by molar-refractivity contribution is 8.00. The van der Waals surface area contributed by atoms with Gasteiger partial charge < -0.3 is 10.6 Å². The summed E-state index contributed by atoms with van der Waals surface area (Å²) in [6.07, 6.45) is 2.15. The molecule has 1 saturated heterocycles. The van der Waals surface area contributed by atoms with Gasteiger partial charge in [0.2, 0.25) is 5.91 Å². The Morgan fingerprint density at radius 1 is 1.50 bits per heavy atom. The summed E-state index contributed by atoms with van der Waals surface area (Å²) in [5.41, 5.74) is 0. The zero-order chi connectivity index (χ0) is 12.0. The van der Waals surface area contributed by atoms with Gasteiger partial charge in [0.25, 0.3) is 0 Å². The number of amides is 1. The average molecular weight is 244 g/mol. The molecule has 0 aromatic carbocycles. The second-order valence-electron chi connectivity index (χ2n) is 5.30. The number of nitrogens with one attached hydrogen (secondary N) is 2. The largest absolute Gasteiger partial charge is 0.355 e. The minimum absolute atomic E-state index is 0.188. The van der Waals surface area contributed by atoms with E-state index in [9.17, 15) is 4.79 Å². The van der Waals surface area contributed by atoms with Crippen LogP contribution in [0.1, 0.15) is 33.6 Å². The van der Waals surface area contributed by atoms with Crippen molar-refractivity contribution in [2.24, 2.45) is 5.92 Å². The maximum Gasteiger partial charge on any atom is 0.224 e. The summed E-state index contributed by atoms with van der Waals surface area (Å²) in [4.78, 5) is 11.8. The number of carbonyl (C=O) groups excluding carboxylic acids is 1. The van der Waals surface area contributed by atoms with Crippen LogP contribution in [0.3, 0.4) is 0 Å². The third-order valence-corrected chi connectivity index (χ3v) is 3.88. The standard InChI is InChI=1S/C12H24N2OS/c1-12(2,3)16-8-7-14-11(15)10-5-4-6-13-9-10/h10,13H,4-9H2,1-3H3,(H,14,15). The zero-order valence-corrected chi connectivity index (χ0v) is 11.5. The van der Waals surface area contributed by atoms with Crippen LogP contribution in [0, 0.1) is 5.92 Å². The first kappa shape index (κ1) is 13.8. The molecule has 1 aliphatic rings. The molecule has 0 radical (unpaired) electrons. The van der Waals surface area contributed by atoms with Crippen LogP contribution >= 0.6 is 11.8 Å². The maximum atomic E-state index is 11.8. The molecule has 16 heavy (non-hydrogen) atoms. The molecule has 1 heterocycles.